The van der Waals surface area contributed by atoms with Crippen molar-refractivity contribution < 1.29 is 4.74 Å². The summed E-state index contributed by atoms with van der Waals surface area (Å²) in [5.41, 5.74) is 0.555. The molecule has 0 amide bonds. The van der Waals surface area contributed by atoms with Crippen LogP contribution in [0.1, 0.15) is 5.56 Å². The van der Waals surface area contributed by atoms with Gasteiger partial charge in [0.15, 0.2) is 0 Å². The van der Waals surface area contributed by atoms with E-state index in [0.29, 0.717) is 16.0 Å². The van der Waals surface area contributed by atoms with Gasteiger partial charge in [0.05, 0.1) is 5.56 Å². The molecule has 0 saturated heterocycles. The molecular formula is C12H11BrN2O2. The zero-order valence-corrected chi connectivity index (χ0v) is 10.8. The summed E-state index contributed by atoms with van der Waals surface area (Å²) in [5, 5.41) is 0. The van der Waals surface area contributed by atoms with Gasteiger partial charge in [-0.15, -0.1) is 0 Å². The molecule has 0 N–H and O–H groups in total. The third-order valence-electron chi connectivity index (χ3n) is 2.27. The highest BCUT2D eigenvalue weighted by Gasteiger charge is 2.02. The van der Waals surface area contributed by atoms with Gasteiger partial charge in [0.25, 0.3) is 5.56 Å². The fourth-order valence-electron chi connectivity index (χ4n) is 1.39. The lowest BCUT2D eigenvalue weighted by Crippen LogP contribution is -2.21. The Morgan fingerprint density at radius 1 is 1.35 bits per heavy atom. The first kappa shape index (κ1) is 11.9. The zero-order chi connectivity index (χ0) is 12.3. The van der Waals surface area contributed by atoms with Gasteiger partial charge in [-0.1, -0.05) is 6.07 Å². The van der Waals surface area contributed by atoms with Gasteiger partial charge in [0.2, 0.25) is 5.88 Å². The van der Waals surface area contributed by atoms with Crippen LogP contribution >= 0.6 is 15.9 Å². The lowest BCUT2D eigenvalue weighted by molar-refractivity contribution is 0.291. The Bertz CT molecular complexity index is 581. The average molecular weight is 295 g/mol. The SMILES string of the molecule is Cn1cccc(COc2cccc(Br)n2)c1=O. The average Bonchev–Trinajstić information content (AvgIpc) is 2.31. The molecule has 0 aliphatic carbocycles. The first-order chi connectivity index (χ1) is 8.16. The number of pyridine rings is 2. The van der Waals surface area contributed by atoms with E-state index in [2.05, 4.69) is 20.9 Å². The van der Waals surface area contributed by atoms with Crippen molar-refractivity contribution in [3.63, 3.8) is 0 Å². The van der Waals surface area contributed by atoms with E-state index in [9.17, 15) is 4.79 Å². The Labute approximate surface area is 107 Å². The Morgan fingerprint density at radius 3 is 2.94 bits per heavy atom. The number of hydrogen-bond donors (Lipinski definition) is 0. The third kappa shape index (κ3) is 2.94. The van der Waals surface area contributed by atoms with E-state index in [-0.39, 0.29) is 12.2 Å². The molecule has 0 saturated carbocycles. The minimum Gasteiger partial charge on any atom is -0.473 e. The minimum atomic E-state index is -0.0532. The van der Waals surface area contributed by atoms with Crippen molar-refractivity contribution in [1.29, 1.82) is 0 Å². The Kier molecular flexibility index (Phi) is 3.58. The highest BCUT2D eigenvalue weighted by atomic mass is 79.9. The first-order valence-electron chi connectivity index (χ1n) is 5.07. The molecular weight excluding hydrogens is 284 g/mol. The maximum Gasteiger partial charge on any atom is 0.256 e. The van der Waals surface area contributed by atoms with Crippen LogP contribution in [0.25, 0.3) is 0 Å². The lowest BCUT2D eigenvalue weighted by Gasteiger charge is -2.06. The van der Waals surface area contributed by atoms with Gasteiger partial charge >= 0.3 is 0 Å². The normalized spacial score (nSPS) is 10.2. The van der Waals surface area contributed by atoms with Crippen molar-refractivity contribution in [2.24, 2.45) is 7.05 Å². The molecule has 0 aliphatic heterocycles. The predicted molar refractivity (Wildman–Crippen MR) is 68.0 cm³/mol. The maximum atomic E-state index is 11.7. The molecule has 2 heterocycles. The van der Waals surface area contributed by atoms with Crippen molar-refractivity contribution in [2.45, 2.75) is 6.61 Å². The molecule has 0 radical (unpaired) electrons. The van der Waals surface area contributed by atoms with Crippen molar-refractivity contribution >= 4 is 15.9 Å². The van der Waals surface area contributed by atoms with Crippen molar-refractivity contribution in [3.05, 3.63) is 57.0 Å². The van der Waals surface area contributed by atoms with Gasteiger partial charge in [0.1, 0.15) is 11.2 Å². The van der Waals surface area contributed by atoms with Crippen LogP contribution in [0, 0.1) is 0 Å². The molecule has 2 rings (SSSR count). The minimum absolute atomic E-state index is 0.0532. The molecule has 88 valence electrons. The molecule has 0 atom stereocenters. The maximum absolute atomic E-state index is 11.7. The van der Waals surface area contributed by atoms with Gasteiger partial charge in [-0.2, -0.15) is 0 Å². The van der Waals surface area contributed by atoms with Gasteiger partial charge in [-0.25, -0.2) is 4.98 Å². The Morgan fingerprint density at radius 2 is 2.18 bits per heavy atom. The molecule has 17 heavy (non-hydrogen) atoms. The third-order valence-corrected chi connectivity index (χ3v) is 2.71. The number of halogens is 1. The Hall–Kier alpha value is -1.62. The van der Waals surface area contributed by atoms with Crippen LogP contribution in [0.4, 0.5) is 0 Å². The summed E-state index contributed by atoms with van der Waals surface area (Å²) in [6, 6.07) is 8.96. The van der Waals surface area contributed by atoms with E-state index in [1.165, 1.54) is 4.57 Å². The molecule has 5 heteroatoms. The summed E-state index contributed by atoms with van der Waals surface area (Å²) >= 11 is 3.26. The zero-order valence-electron chi connectivity index (χ0n) is 9.26. The van der Waals surface area contributed by atoms with Crippen LogP contribution in [0.5, 0.6) is 5.88 Å². The quantitative estimate of drug-likeness (QED) is 0.815. The van der Waals surface area contributed by atoms with Gasteiger partial charge in [-0.3, -0.25) is 4.79 Å². The van der Waals surface area contributed by atoms with Crippen molar-refractivity contribution in [3.8, 4) is 5.88 Å². The van der Waals surface area contributed by atoms with E-state index in [1.54, 1.807) is 25.4 Å². The highest BCUT2D eigenvalue weighted by molar-refractivity contribution is 9.10. The van der Waals surface area contributed by atoms with E-state index in [0.717, 1.165) is 0 Å². The molecule has 0 aliphatic rings. The largest absolute Gasteiger partial charge is 0.473 e. The molecule has 0 fully saturated rings. The topological polar surface area (TPSA) is 44.1 Å². The highest BCUT2D eigenvalue weighted by Crippen LogP contribution is 2.12. The second-order valence-electron chi connectivity index (χ2n) is 3.54. The lowest BCUT2D eigenvalue weighted by atomic mass is 10.3. The Balaban J connectivity index is 2.13. The van der Waals surface area contributed by atoms with Crippen molar-refractivity contribution in [2.75, 3.05) is 0 Å². The molecule has 0 bridgehead atoms. The van der Waals surface area contributed by atoms with Gasteiger partial charge in [0, 0.05) is 19.3 Å². The molecule has 2 aromatic rings. The molecule has 0 unspecified atom stereocenters. The fourth-order valence-corrected chi connectivity index (χ4v) is 1.71. The van der Waals surface area contributed by atoms with E-state index >= 15 is 0 Å². The second-order valence-corrected chi connectivity index (χ2v) is 4.35. The second kappa shape index (κ2) is 5.14. The number of nitrogens with zero attached hydrogens (tertiary/aromatic N) is 2. The summed E-state index contributed by atoms with van der Waals surface area (Å²) in [7, 11) is 1.71. The number of aromatic nitrogens is 2. The van der Waals surface area contributed by atoms with Crippen LogP contribution in [0.3, 0.4) is 0 Å². The van der Waals surface area contributed by atoms with Crippen LogP contribution < -0.4 is 10.3 Å². The van der Waals surface area contributed by atoms with Crippen LogP contribution in [0.2, 0.25) is 0 Å². The first-order valence-corrected chi connectivity index (χ1v) is 5.86. The van der Waals surface area contributed by atoms with Crippen LogP contribution in [-0.4, -0.2) is 9.55 Å². The van der Waals surface area contributed by atoms with E-state index in [4.69, 9.17) is 4.74 Å². The summed E-state index contributed by atoms with van der Waals surface area (Å²) in [4.78, 5) is 15.8. The molecule has 0 spiro atoms. The number of aryl methyl sites for hydroxylation is 1. The summed E-state index contributed by atoms with van der Waals surface area (Å²) in [6.07, 6.45) is 1.71. The summed E-state index contributed by atoms with van der Waals surface area (Å²) < 4.78 is 7.68. The van der Waals surface area contributed by atoms with Crippen molar-refractivity contribution in [1.82, 2.24) is 9.55 Å². The molecule has 4 nitrogen and oxygen atoms in total. The molecule has 0 aromatic carbocycles. The smallest absolute Gasteiger partial charge is 0.256 e. The standard InChI is InChI=1S/C12H11BrN2O2/c1-15-7-3-4-9(12(15)16)8-17-11-6-2-5-10(13)14-11/h2-7H,8H2,1H3. The number of rotatable bonds is 3. The van der Waals surface area contributed by atoms with Gasteiger partial charge in [-0.05, 0) is 34.1 Å². The van der Waals surface area contributed by atoms with Gasteiger partial charge < -0.3 is 9.30 Å². The summed E-state index contributed by atoms with van der Waals surface area (Å²) in [5.74, 6) is 0.491. The van der Waals surface area contributed by atoms with E-state index < -0.39 is 0 Å². The number of ether oxygens (including phenoxy) is 1. The van der Waals surface area contributed by atoms with Crippen LogP contribution in [-0.2, 0) is 13.7 Å². The molecule has 2 aromatic heterocycles. The van der Waals surface area contributed by atoms with E-state index in [1.807, 2.05) is 18.2 Å². The van der Waals surface area contributed by atoms with Crippen LogP contribution in [0.15, 0.2) is 45.9 Å². The fraction of sp³-hybridized carbons (Fsp3) is 0.167. The number of hydrogen-bond acceptors (Lipinski definition) is 3. The predicted octanol–water partition coefficient (Wildman–Crippen LogP) is 2.12. The summed E-state index contributed by atoms with van der Waals surface area (Å²) in [6.45, 7) is 0.219. The monoisotopic (exact) mass is 294 g/mol.